The van der Waals surface area contributed by atoms with E-state index < -0.39 is 0 Å². The van der Waals surface area contributed by atoms with Crippen molar-refractivity contribution in [2.75, 3.05) is 33.2 Å². The van der Waals surface area contributed by atoms with Crippen LogP contribution in [0.4, 0.5) is 0 Å². The number of hydrogen-bond donors (Lipinski definition) is 1. The quantitative estimate of drug-likeness (QED) is 0.344. The van der Waals surface area contributed by atoms with Crippen LogP contribution < -0.4 is 5.32 Å². The molecule has 1 aromatic rings. The summed E-state index contributed by atoms with van der Waals surface area (Å²) in [6.45, 7) is 8.30. The molecule has 3 fully saturated rings. The number of guanidine groups is 1. The predicted octanol–water partition coefficient (Wildman–Crippen LogP) is 4.29. The van der Waals surface area contributed by atoms with Crippen molar-refractivity contribution in [2.24, 2.45) is 10.4 Å². The molecule has 2 heterocycles. The van der Waals surface area contributed by atoms with E-state index in [0.717, 1.165) is 36.7 Å². The molecule has 4 rings (SSSR count). The van der Waals surface area contributed by atoms with Gasteiger partial charge in [0.1, 0.15) is 0 Å². The monoisotopic (exact) mass is 554 g/mol. The topological polar surface area (TPSA) is 57.2 Å². The van der Waals surface area contributed by atoms with Gasteiger partial charge < -0.3 is 19.9 Å². The molecular formula is C25H39IN4O2. The molecule has 3 aliphatic rings. The number of hydrogen-bond acceptors (Lipinski definition) is 3. The number of rotatable bonds is 3. The van der Waals surface area contributed by atoms with E-state index in [0.29, 0.717) is 18.5 Å². The summed E-state index contributed by atoms with van der Waals surface area (Å²) in [4.78, 5) is 21.7. The Labute approximate surface area is 210 Å². The Morgan fingerprint density at radius 1 is 1.06 bits per heavy atom. The summed E-state index contributed by atoms with van der Waals surface area (Å²) >= 11 is 0. The minimum Gasteiger partial charge on any atom is -0.372 e. The van der Waals surface area contributed by atoms with Crippen molar-refractivity contribution in [1.82, 2.24) is 15.1 Å². The predicted molar refractivity (Wildman–Crippen MR) is 140 cm³/mol. The van der Waals surface area contributed by atoms with Gasteiger partial charge in [-0.25, -0.2) is 0 Å². The summed E-state index contributed by atoms with van der Waals surface area (Å²) in [5.41, 5.74) is 2.42. The number of carbonyl (C=O) groups is 1. The zero-order valence-electron chi connectivity index (χ0n) is 19.8. The SMILES string of the molecule is CN=C(NCc1ccc(C(=O)N2CC(C)OC(C)C2)cc1)N1CCC2(CCCCC2)C1.I. The third-order valence-electron chi connectivity index (χ3n) is 7.22. The smallest absolute Gasteiger partial charge is 0.254 e. The van der Waals surface area contributed by atoms with Gasteiger partial charge >= 0.3 is 0 Å². The molecule has 7 heteroatoms. The first-order valence-corrected chi connectivity index (χ1v) is 12.0. The molecule has 2 atom stereocenters. The average molecular weight is 555 g/mol. The lowest BCUT2D eigenvalue weighted by molar-refractivity contribution is -0.0586. The number of ether oxygens (including phenoxy) is 1. The number of likely N-dealkylation sites (tertiary alicyclic amines) is 1. The minimum absolute atomic E-state index is 0. The maximum absolute atomic E-state index is 12.9. The van der Waals surface area contributed by atoms with Gasteiger partial charge in [0.05, 0.1) is 12.2 Å². The molecule has 2 aliphatic heterocycles. The lowest BCUT2D eigenvalue weighted by Gasteiger charge is -2.35. The molecular weight excluding hydrogens is 515 g/mol. The fraction of sp³-hybridized carbons (Fsp3) is 0.680. The van der Waals surface area contributed by atoms with E-state index in [1.54, 1.807) is 0 Å². The Morgan fingerprint density at radius 2 is 1.72 bits per heavy atom. The maximum Gasteiger partial charge on any atom is 0.254 e. The highest BCUT2D eigenvalue weighted by Crippen LogP contribution is 2.43. The van der Waals surface area contributed by atoms with Crippen LogP contribution in [0.25, 0.3) is 0 Å². The van der Waals surface area contributed by atoms with Gasteiger partial charge in [0, 0.05) is 45.3 Å². The van der Waals surface area contributed by atoms with Gasteiger partial charge in [0.2, 0.25) is 0 Å². The number of benzene rings is 1. The van der Waals surface area contributed by atoms with E-state index in [2.05, 4.69) is 15.2 Å². The fourth-order valence-electron chi connectivity index (χ4n) is 5.63. The molecule has 1 amide bonds. The second-order valence-corrected chi connectivity index (χ2v) is 9.80. The fourth-order valence-corrected chi connectivity index (χ4v) is 5.63. The highest BCUT2D eigenvalue weighted by atomic mass is 127. The summed E-state index contributed by atoms with van der Waals surface area (Å²) in [5, 5.41) is 3.54. The average Bonchev–Trinajstić information content (AvgIpc) is 3.17. The molecule has 2 saturated heterocycles. The summed E-state index contributed by atoms with van der Waals surface area (Å²) in [6, 6.07) is 7.99. The van der Waals surface area contributed by atoms with Gasteiger partial charge in [-0.1, -0.05) is 31.4 Å². The van der Waals surface area contributed by atoms with Gasteiger partial charge in [0.15, 0.2) is 5.96 Å². The molecule has 2 unspecified atom stereocenters. The normalized spacial score (nSPS) is 25.5. The first-order chi connectivity index (χ1) is 15.0. The maximum atomic E-state index is 12.9. The molecule has 0 radical (unpaired) electrons. The lowest BCUT2D eigenvalue weighted by atomic mass is 9.73. The molecule has 0 bridgehead atoms. The van der Waals surface area contributed by atoms with Gasteiger partial charge in [-0.3, -0.25) is 9.79 Å². The van der Waals surface area contributed by atoms with Crippen molar-refractivity contribution >= 4 is 35.8 Å². The van der Waals surface area contributed by atoms with Gasteiger partial charge in [0.25, 0.3) is 5.91 Å². The molecule has 178 valence electrons. The standard InChI is InChI=1S/C25H38N4O2.HI/c1-19-16-29(17-20(2)31-19)23(30)22-9-7-21(8-10-22)15-27-24(26-3)28-14-13-25(18-28)11-5-4-6-12-25;/h7-10,19-20H,4-6,11-18H2,1-3H3,(H,26,27);1H. The Bertz CT molecular complexity index is 782. The first kappa shape index (κ1) is 25.3. The molecule has 32 heavy (non-hydrogen) atoms. The Morgan fingerprint density at radius 3 is 2.34 bits per heavy atom. The summed E-state index contributed by atoms with van der Waals surface area (Å²) in [6.07, 6.45) is 8.37. The Balaban J connectivity index is 0.00000289. The van der Waals surface area contributed by atoms with Crippen LogP contribution in [0.2, 0.25) is 0 Å². The van der Waals surface area contributed by atoms with E-state index in [9.17, 15) is 4.79 Å². The van der Waals surface area contributed by atoms with Crippen LogP contribution in [-0.4, -0.2) is 67.1 Å². The van der Waals surface area contributed by atoms with E-state index in [4.69, 9.17) is 4.74 Å². The number of carbonyl (C=O) groups excluding carboxylic acids is 1. The van der Waals surface area contributed by atoms with Gasteiger partial charge in [-0.2, -0.15) is 0 Å². The van der Waals surface area contributed by atoms with Gasteiger partial charge in [-0.05, 0) is 56.2 Å². The van der Waals surface area contributed by atoms with E-state index in [-0.39, 0.29) is 42.1 Å². The molecule has 6 nitrogen and oxygen atoms in total. The van der Waals surface area contributed by atoms with Crippen LogP contribution in [0, 0.1) is 5.41 Å². The molecule has 0 aromatic heterocycles. The van der Waals surface area contributed by atoms with Crippen LogP contribution in [0.3, 0.4) is 0 Å². The highest BCUT2D eigenvalue weighted by Gasteiger charge is 2.39. The first-order valence-electron chi connectivity index (χ1n) is 12.0. The zero-order chi connectivity index (χ0) is 21.8. The third-order valence-corrected chi connectivity index (χ3v) is 7.22. The Hall–Kier alpha value is -1.35. The van der Waals surface area contributed by atoms with E-state index >= 15 is 0 Å². The van der Waals surface area contributed by atoms with Crippen molar-refractivity contribution < 1.29 is 9.53 Å². The van der Waals surface area contributed by atoms with Crippen LogP contribution in [0.1, 0.15) is 68.3 Å². The number of aliphatic imine (C=N–C) groups is 1. The molecule has 1 aliphatic carbocycles. The van der Waals surface area contributed by atoms with E-state index in [1.807, 2.05) is 50.1 Å². The van der Waals surface area contributed by atoms with E-state index in [1.165, 1.54) is 38.5 Å². The van der Waals surface area contributed by atoms with Crippen molar-refractivity contribution in [3.05, 3.63) is 35.4 Å². The number of nitrogens with one attached hydrogen (secondary N) is 1. The van der Waals surface area contributed by atoms with Crippen molar-refractivity contribution in [3.63, 3.8) is 0 Å². The van der Waals surface area contributed by atoms with Crippen molar-refractivity contribution in [2.45, 2.75) is 71.1 Å². The number of amides is 1. The van der Waals surface area contributed by atoms with Crippen LogP contribution in [-0.2, 0) is 11.3 Å². The number of halogens is 1. The van der Waals surface area contributed by atoms with Crippen molar-refractivity contribution in [3.8, 4) is 0 Å². The lowest BCUT2D eigenvalue weighted by Crippen LogP contribution is -2.48. The zero-order valence-corrected chi connectivity index (χ0v) is 22.1. The van der Waals surface area contributed by atoms with Crippen LogP contribution in [0.15, 0.2) is 29.3 Å². The molecule has 1 aromatic carbocycles. The molecule has 1 N–H and O–H groups in total. The number of morpholine rings is 1. The summed E-state index contributed by atoms with van der Waals surface area (Å²) in [7, 11) is 1.88. The molecule has 1 saturated carbocycles. The third kappa shape index (κ3) is 5.95. The van der Waals surface area contributed by atoms with Crippen LogP contribution >= 0.6 is 24.0 Å². The second-order valence-electron chi connectivity index (χ2n) is 9.80. The highest BCUT2D eigenvalue weighted by molar-refractivity contribution is 14.0. The molecule has 1 spiro atoms. The summed E-state index contributed by atoms with van der Waals surface area (Å²) in [5.74, 6) is 1.09. The number of nitrogens with zero attached hydrogens (tertiary/aromatic N) is 3. The second kappa shape index (κ2) is 11.2. The van der Waals surface area contributed by atoms with Crippen LogP contribution in [0.5, 0.6) is 0 Å². The minimum atomic E-state index is 0. The van der Waals surface area contributed by atoms with Gasteiger partial charge in [-0.15, -0.1) is 24.0 Å². The largest absolute Gasteiger partial charge is 0.372 e. The summed E-state index contributed by atoms with van der Waals surface area (Å²) < 4.78 is 5.75. The Kier molecular flexibility index (Phi) is 8.83. The van der Waals surface area contributed by atoms with Crippen molar-refractivity contribution in [1.29, 1.82) is 0 Å².